The zero-order valence-electron chi connectivity index (χ0n) is 16.3. The Morgan fingerprint density at radius 3 is 2.73 bits per heavy atom. The van der Waals surface area contributed by atoms with Gasteiger partial charge in [-0.15, -0.1) is 5.10 Å². The van der Waals surface area contributed by atoms with Crippen molar-refractivity contribution >= 4 is 40.3 Å². The lowest BCUT2D eigenvalue weighted by molar-refractivity contribution is 0.407. The largest absolute Gasteiger partial charge is 0.496 e. The lowest BCUT2D eigenvalue weighted by Crippen LogP contribution is -2.23. The van der Waals surface area contributed by atoms with Gasteiger partial charge < -0.3 is 10.1 Å². The first-order chi connectivity index (χ1) is 14.7. The predicted molar refractivity (Wildman–Crippen MR) is 123 cm³/mol. The number of ether oxygens (including phenoxy) is 1. The van der Waals surface area contributed by atoms with E-state index in [0.717, 1.165) is 33.6 Å². The second-order valence-corrected chi connectivity index (χ2v) is 6.91. The molecule has 1 heterocycles. The standard InChI is InChI=1S/C22H20N6OS/c1-29-21-12-11-16(14-23-26-22(30)24-18-7-3-2-4-8-18)13-17(21)15-28-20-10-6-5-9-19(20)25-27-28/h2-14H,15H2,1H3,(H2,24,26,30)/b23-14+. The van der Waals surface area contributed by atoms with Crippen LogP contribution >= 0.6 is 12.2 Å². The number of para-hydroxylation sites is 2. The fraction of sp³-hybridized carbons (Fsp3) is 0.0909. The molecule has 1 aromatic heterocycles. The van der Waals surface area contributed by atoms with E-state index in [1.165, 1.54) is 0 Å². The molecular weight excluding hydrogens is 396 g/mol. The summed E-state index contributed by atoms with van der Waals surface area (Å²) in [5.41, 5.74) is 7.44. The molecule has 0 atom stereocenters. The topological polar surface area (TPSA) is 76.4 Å². The van der Waals surface area contributed by atoms with Gasteiger partial charge in [0.15, 0.2) is 5.11 Å². The molecule has 0 saturated heterocycles. The Morgan fingerprint density at radius 1 is 1.10 bits per heavy atom. The van der Waals surface area contributed by atoms with Gasteiger partial charge in [-0.1, -0.05) is 35.5 Å². The highest BCUT2D eigenvalue weighted by molar-refractivity contribution is 7.80. The van der Waals surface area contributed by atoms with E-state index in [1.807, 2.05) is 77.5 Å². The van der Waals surface area contributed by atoms with Crippen molar-refractivity contribution in [2.45, 2.75) is 6.54 Å². The first kappa shape index (κ1) is 19.5. The van der Waals surface area contributed by atoms with Crippen LogP contribution in [0, 0.1) is 0 Å². The summed E-state index contributed by atoms with van der Waals surface area (Å²) in [6.45, 7) is 0.534. The quantitative estimate of drug-likeness (QED) is 0.283. The summed E-state index contributed by atoms with van der Waals surface area (Å²) in [5.74, 6) is 0.779. The average molecular weight is 417 g/mol. The van der Waals surface area contributed by atoms with Crippen molar-refractivity contribution in [3.63, 3.8) is 0 Å². The maximum absolute atomic E-state index is 5.52. The molecule has 0 aliphatic heterocycles. The molecule has 2 N–H and O–H groups in total. The molecular formula is C22H20N6OS. The van der Waals surface area contributed by atoms with E-state index < -0.39 is 0 Å². The molecule has 30 heavy (non-hydrogen) atoms. The molecule has 0 radical (unpaired) electrons. The molecule has 4 aromatic rings. The van der Waals surface area contributed by atoms with Gasteiger partial charge >= 0.3 is 0 Å². The first-order valence-electron chi connectivity index (χ1n) is 9.33. The fourth-order valence-corrected chi connectivity index (χ4v) is 3.21. The van der Waals surface area contributed by atoms with Crippen LogP contribution in [-0.4, -0.2) is 33.4 Å². The summed E-state index contributed by atoms with van der Waals surface area (Å²) in [7, 11) is 1.65. The van der Waals surface area contributed by atoms with Crippen LogP contribution in [0.25, 0.3) is 11.0 Å². The number of methoxy groups -OCH3 is 1. The van der Waals surface area contributed by atoms with Crippen LogP contribution in [0.2, 0.25) is 0 Å². The van der Waals surface area contributed by atoms with Gasteiger partial charge in [-0.2, -0.15) is 5.10 Å². The van der Waals surface area contributed by atoms with E-state index in [0.29, 0.717) is 11.7 Å². The maximum atomic E-state index is 5.52. The maximum Gasteiger partial charge on any atom is 0.191 e. The third-order valence-corrected chi connectivity index (χ3v) is 4.65. The van der Waals surface area contributed by atoms with Gasteiger partial charge in [0, 0.05) is 11.3 Å². The zero-order valence-corrected chi connectivity index (χ0v) is 17.1. The third-order valence-electron chi connectivity index (χ3n) is 4.46. The van der Waals surface area contributed by atoms with Gasteiger partial charge in [0.05, 0.1) is 25.4 Å². The number of benzene rings is 3. The molecule has 0 aliphatic rings. The van der Waals surface area contributed by atoms with E-state index in [4.69, 9.17) is 17.0 Å². The molecule has 4 rings (SSSR count). The number of rotatable bonds is 6. The number of hydrogen-bond acceptors (Lipinski definition) is 5. The monoisotopic (exact) mass is 416 g/mol. The van der Waals surface area contributed by atoms with E-state index in [9.17, 15) is 0 Å². The van der Waals surface area contributed by atoms with Gasteiger partial charge in [0.1, 0.15) is 11.3 Å². The van der Waals surface area contributed by atoms with Gasteiger partial charge in [-0.25, -0.2) is 4.68 Å². The molecule has 0 unspecified atom stereocenters. The zero-order chi connectivity index (χ0) is 20.8. The lowest BCUT2D eigenvalue weighted by Gasteiger charge is -2.10. The van der Waals surface area contributed by atoms with Gasteiger partial charge in [0.25, 0.3) is 0 Å². The molecule has 0 spiro atoms. The van der Waals surface area contributed by atoms with Crippen molar-refractivity contribution in [3.8, 4) is 5.75 Å². The van der Waals surface area contributed by atoms with Crippen LogP contribution in [0.15, 0.2) is 77.9 Å². The van der Waals surface area contributed by atoms with Crippen LogP contribution in [0.3, 0.4) is 0 Å². The normalized spacial score (nSPS) is 11.0. The molecule has 150 valence electrons. The SMILES string of the molecule is COc1ccc(/C=N/NC(=S)Nc2ccccc2)cc1Cn1nnc2ccccc21. The highest BCUT2D eigenvalue weighted by atomic mass is 32.1. The molecule has 0 amide bonds. The van der Waals surface area contributed by atoms with Crippen LogP contribution in [-0.2, 0) is 6.54 Å². The second kappa shape index (κ2) is 9.15. The van der Waals surface area contributed by atoms with Crippen LogP contribution in [0.1, 0.15) is 11.1 Å². The van der Waals surface area contributed by atoms with E-state index in [2.05, 4.69) is 26.2 Å². The lowest BCUT2D eigenvalue weighted by atomic mass is 10.1. The second-order valence-electron chi connectivity index (χ2n) is 6.50. The number of thiocarbonyl (C=S) groups is 1. The fourth-order valence-electron chi connectivity index (χ4n) is 3.04. The molecule has 7 nitrogen and oxygen atoms in total. The smallest absolute Gasteiger partial charge is 0.191 e. The molecule has 8 heteroatoms. The Bertz CT molecular complexity index is 1190. The predicted octanol–water partition coefficient (Wildman–Crippen LogP) is 3.81. The van der Waals surface area contributed by atoms with Crippen molar-refractivity contribution in [1.82, 2.24) is 20.4 Å². The number of nitrogens with one attached hydrogen (secondary N) is 2. The Kier molecular flexibility index (Phi) is 5.95. The van der Waals surface area contributed by atoms with E-state index in [-0.39, 0.29) is 0 Å². The highest BCUT2D eigenvalue weighted by Gasteiger charge is 2.09. The minimum atomic E-state index is 0.417. The Labute approximate surface area is 179 Å². The van der Waals surface area contributed by atoms with Gasteiger partial charge in [-0.05, 0) is 60.2 Å². The van der Waals surface area contributed by atoms with Crippen LogP contribution in [0.4, 0.5) is 5.69 Å². The number of fused-ring (bicyclic) bond motifs is 1. The molecule has 0 aliphatic carbocycles. The molecule has 0 bridgehead atoms. The Hall–Kier alpha value is -3.78. The van der Waals surface area contributed by atoms with Gasteiger partial charge in [0.2, 0.25) is 0 Å². The Balaban J connectivity index is 1.47. The van der Waals surface area contributed by atoms with Crippen molar-refractivity contribution in [2.24, 2.45) is 5.10 Å². The van der Waals surface area contributed by atoms with Crippen LogP contribution in [0.5, 0.6) is 5.75 Å². The number of nitrogens with zero attached hydrogens (tertiary/aromatic N) is 4. The summed E-state index contributed by atoms with van der Waals surface area (Å²) in [5, 5.41) is 16.2. The minimum Gasteiger partial charge on any atom is -0.496 e. The van der Waals surface area contributed by atoms with Crippen molar-refractivity contribution < 1.29 is 4.74 Å². The van der Waals surface area contributed by atoms with Crippen molar-refractivity contribution in [3.05, 3.63) is 83.9 Å². The number of aromatic nitrogens is 3. The molecule has 0 fully saturated rings. The average Bonchev–Trinajstić information content (AvgIpc) is 3.18. The number of anilines is 1. The summed E-state index contributed by atoms with van der Waals surface area (Å²) in [6.07, 6.45) is 1.71. The molecule has 3 aromatic carbocycles. The summed E-state index contributed by atoms with van der Waals surface area (Å²) in [4.78, 5) is 0. The van der Waals surface area contributed by atoms with Crippen molar-refractivity contribution in [2.75, 3.05) is 12.4 Å². The minimum absolute atomic E-state index is 0.417. The number of hydrazone groups is 1. The third kappa shape index (κ3) is 4.61. The number of hydrogen-bond donors (Lipinski definition) is 2. The summed E-state index contributed by atoms with van der Waals surface area (Å²) >= 11 is 5.26. The van der Waals surface area contributed by atoms with Crippen LogP contribution < -0.4 is 15.5 Å². The molecule has 0 saturated carbocycles. The van der Waals surface area contributed by atoms with E-state index >= 15 is 0 Å². The van der Waals surface area contributed by atoms with Crippen molar-refractivity contribution in [1.29, 1.82) is 0 Å². The van der Waals surface area contributed by atoms with Gasteiger partial charge in [-0.3, -0.25) is 5.43 Å². The summed E-state index contributed by atoms with van der Waals surface area (Å²) < 4.78 is 7.37. The summed E-state index contributed by atoms with van der Waals surface area (Å²) in [6, 6.07) is 23.4. The van der Waals surface area contributed by atoms with E-state index in [1.54, 1.807) is 13.3 Å². The first-order valence-corrected chi connectivity index (χ1v) is 9.74. The Morgan fingerprint density at radius 2 is 1.90 bits per heavy atom. The highest BCUT2D eigenvalue weighted by Crippen LogP contribution is 2.22.